The van der Waals surface area contributed by atoms with Crippen molar-refractivity contribution in [3.05, 3.63) is 25.3 Å². The van der Waals surface area contributed by atoms with E-state index in [1.807, 2.05) is 43.8 Å². The van der Waals surface area contributed by atoms with E-state index in [2.05, 4.69) is 37.9 Å². The molecule has 0 bridgehead atoms. The van der Waals surface area contributed by atoms with E-state index < -0.39 is 0 Å². The van der Waals surface area contributed by atoms with E-state index in [0.717, 1.165) is 6.67 Å². The molecule has 0 radical (unpaired) electrons. The molecule has 0 fully saturated rings. The first-order valence-corrected chi connectivity index (χ1v) is 5.92. The third-order valence-corrected chi connectivity index (χ3v) is 2.58. The van der Waals surface area contributed by atoms with Crippen LogP contribution in [0.25, 0.3) is 0 Å². The molecule has 0 saturated heterocycles. The number of aromatic nitrogens is 6. The monoisotopic (exact) mass is 236 g/mol. The van der Waals surface area contributed by atoms with Crippen LogP contribution in [0, 0.1) is 0 Å². The van der Waals surface area contributed by atoms with Crippen molar-refractivity contribution < 1.29 is 9.13 Å². The standard InChI is InChI=1S/C11H20N6/c1-10(2)16-8-14(5-12-16)7-15-6-13-17(9-15)11(3)4/h5-6,8-11H,7H2,1-4H3/q+2. The Morgan fingerprint density at radius 2 is 1.29 bits per heavy atom. The topological polar surface area (TPSA) is 43.4 Å². The lowest BCUT2D eigenvalue weighted by molar-refractivity contribution is -0.913. The summed E-state index contributed by atoms with van der Waals surface area (Å²) in [5, 5.41) is 8.59. The predicted octanol–water partition coefficient (Wildman–Crippen LogP) is 0.322. The molecule has 0 unspecified atom stereocenters. The van der Waals surface area contributed by atoms with E-state index in [4.69, 9.17) is 0 Å². The summed E-state index contributed by atoms with van der Waals surface area (Å²) in [5.74, 6) is 0. The summed E-state index contributed by atoms with van der Waals surface area (Å²) in [6, 6.07) is 0.777. The van der Waals surface area contributed by atoms with Gasteiger partial charge in [0.1, 0.15) is 12.1 Å². The molecule has 0 aliphatic rings. The van der Waals surface area contributed by atoms with Crippen LogP contribution in [0.5, 0.6) is 0 Å². The third-order valence-electron chi connectivity index (χ3n) is 2.58. The van der Waals surface area contributed by atoms with Gasteiger partial charge in [0.15, 0.2) is 6.67 Å². The first-order chi connectivity index (χ1) is 8.06. The Morgan fingerprint density at radius 3 is 1.59 bits per heavy atom. The van der Waals surface area contributed by atoms with E-state index in [1.54, 1.807) is 0 Å². The number of nitrogens with zero attached hydrogens (tertiary/aromatic N) is 6. The summed E-state index contributed by atoms with van der Waals surface area (Å²) >= 11 is 0. The van der Waals surface area contributed by atoms with Crippen molar-refractivity contribution in [3.63, 3.8) is 0 Å². The minimum atomic E-state index is 0.389. The average molecular weight is 236 g/mol. The van der Waals surface area contributed by atoms with Crippen molar-refractivity contribution in [2.45, 2.75) is 46.4 Å². The van der Waals surface area contributed by atoms with Crippen LogP contribution in [0.3, 0.4) is 0 Å². The molecule has 6 heteroatoms. The third kappa shape index (κ3) is 2.69. The van der Waals surface area contributed by atoms with Crippen LogP contribution < -0.4 is 9.13 Å². The van der Waals surface area contributed by atoms with E-state index in [9.17, 15) is 0 Å². The van der Waals surface area contributed by atoms with E-state index in [-0.39, 0.29) is 0 Å². The van der Waals surface area contributed by atoms with E-state index in [1.165, 1.54) is 0 Å². The van der Waals surface area contributed by atoms with Crippen molar-refractivity contribution in [2.24, 2.45) is 0 Å². The van der Waals surface area contributed by atoms with E-state index >= 15 is 0 Å². The zero-order valence-electron chi connectivity index (χ0n) is 10.9. The lowest BCUT2D eigenvalue weighted by atomic mass is 10.4. The fourth-order valence-corrected chi connectivity index (χ4v) is 1.54. The van der Waals surface area contributed by atoms with Gasteiger partial charge in [-0.25, -0.2) is 9.13 Å². The van der Waals surface area contributed by atoms with Gasteiger partial charge in [-0.3, -0.25) is 0 Å². The molecule has 0 amide bonds. The second kappa shape index (κ2) is 4.65. The molecule has 0 saturated carbocycles. The predicted molar refractivity (Wildman–Crippen MR) is 61.0 cm³/mol. The van der Waals surface area contributed by atoms with Gasteiger partial charge >= 0.3 is 0 Å². The zero-order valence-corrected chi connectivity index (χ0v) is 10.9. The maximum atomic E-state index is 4.29. The molecule has 2 aromatic rings. The highest BCUT2D eigenvalue weighted by Gasteiger charge is 2.13. The van der Waals surface area contributed by atoms with Gasteiger partial charge in [-0.05, 0) is 27.7 Å². The summed E-state index contributed by atoms with van der Waals surface area (Å²) in [4.78, 5) is 0. The molecule has 0 aliphatic carbocycles. The Hall–Kier alpha value is -1.72. The van der Waals surface area contributed by atoms with Crippen LogP contribution in [0.15, 0.2) is 25.3 Å². The number of hydrogen-bond donors (Lipinski definition) is 0. The molecule has 0 N–H and O–H groups in total. The second-order valence-corrected chi connectivity index (χ2v) is 4.81. The van der Waals surface area contributed by atoms with Crippen molar-refractivity contribution in [2.75, 3.05) is 0 Å². The molecule has 0 atom stereocenters. The Morgan fingerprint density at radius 1 is 0.882 bits per heavy atom. The molecule has 0 spiro atoms. The van der Waals surface area contributed by atoms with Crippen LogP contribution in [0.2, 0.25) is 0 Å². The van der Waals surface area contributed by atoms with Crippen LogP contribution in [-0.2, 0) is 6.67 Å². The fraction of sp³-hybridized carbons (Fsp3) is 0.636. The van der Waals surface area contributed by atoms with Gasteiger partial charge in [0.25, 0.3) is 12.7 Å². The summed E-state index contributed by atoms with van der Waals surface area (Å²) in [6.45, 7) is 9.19. The molecule has 0 aromatic carbocycles. The van der Waals surface area contributed by atoms with Gasteiger partial charge in [-0.2, -0.15) is 0 Å². The molecular weight excluding hydrogens is 216 g/mol. The summed E-state index contributed by atoms with van der Waals surface area (Å²) in [5.41, 5.74) is 0. The molecule has 2 heterocycles. The van der Waals surface area contributed by atoms with Crippen molar-refractivity contribution in [3.8, 4) is 0 Å². The summed E-state index contributed by atoms with van der Waals surface area (Å²) < 4.78 is 7.94. The van der Waals surface area contributed by atoms with E-state index in [0.29, 0.717) is 12.1 Å². The fourth-order valence-electron chi connectivity index (χ4n) is 1.54. The molecule has 6 nitrogen and oxygen atoms in total. The van der Waals surface area contributed by atoms with Gasteiger partial charge in [0.2, 0.25) is 12.7 Å². The van der Waals surface area contributed by atoms with Gasteiger partial charge < -0.3 is 0 Å². The Balaban J connectivity index is 2.08. The number of rotatable bonds is 4. The SMILES string of the molecule is CC(C)n1c[n+](C[n+]2cnn(C(C)C)c2)cn1. The van der Waals surface area contributed by atoms with Gasteiger partial charge in [-0.1, -0.05) is 0 Å². The lowest BCUT2D eigenvalue weighted by Crippen LogP contribution is -2.49. The van der Waals surface area contributed by atoms with Crippen LogP contribution in [0.1, 0.15) is 39.8 Å². The lowest BCUT2D eigenvalue weighted by Gasteiger charge is -1.95. The van der Waals surface area contributed by atoms with Crippen LogP contribution in [0.4, 0.5) is 0 Å². The number of hydrogen-bond acceptors (Lipinski definition) is 2. The molecule has 0 aliphatic heterocycles. The summed E-state index contributed by atoms with van der Waals surface area (Å²) in [7, 11) is 0. The maximum Gasteiger partial charge on any atom is 0.267 e. The van der Waals surface area contributed by atoms with Gasteiger partial charge in [0, 0.05) is 10.2 Å². The molecule has 2 rings (SSSR count). The smallest absolute Gasteiger partial charge is 0.205 e. The minimum absolute atomic E-state index is 0.389. The quantitative estimate of drug-likeness (QED) is 0.718. The van der Waals surface area contributed by atoms with Crippen molar-refractivity contribution in [1.29, 1.82) is 0 Å². The van der Waals surface area contributed by atoms with Crippen LogP contribution >= 0.6 is 0 Å². The Kier molecular flexibility index (Phi) is 3.21. The minimum Gasteiger partial charge on any atom is -0.205 e. The van der Waals surface area contributed by atoms with Crippen molar-refractivity contribution >= 4 is 0 Å². The van der Waals surface area contributed by atoms with Gasteiger partial charge in [0.05, 0.1) is 0 Å². The highest BCUT2D eigenvalue weighted by molar-refractivity contribution is 4.53. The normalized spacial score (nSPS) is 11.6. The molecule has 17 heavy (non-hydrogen) atoms. The zero-order chi connectivity index (χ0) is 12.4. The van der Waals surface area contributed by atoms with Crippen molar-refractivity contribution in [1.82, 2.24) is 19.6 Å². The largest absolute Gasteiger partial charge is 0.267 e. The second-order valence-electron chi connectivity index (χ2n) is 4.81. The molecular formula is C11H20N6+2. The highest BCUT2D eigenvalue weighted by Crippen LogP contribution is 1.97. The first-order valence-electron chi connectivity index (χ1n) is 5.92. The highest BCUT2D eigenvalue weighted by atomic mass is 15.4. The average Bonchev–Trinajstić information content (AvgIpc) is 2.87. The molecule has 2 aromatic heterocycles. The van der Waals surface area contributed by atoms with Crippen LogP contribution in [-0.4, -0.2) is 19.6 Å². The molecule has 92 valence electrons. The maximum absolute atomic E-state index is 4.29. The Labute approximate surface area is 101 Å². The Bertz CT molecular complexity index is 437. The van der Waals surface area contributed by atoms with Gasteiger partial charge in [-0.15, -0.1) is 9.36 Å². The first kappa shape index (κ1) is 11.8. The summed E-state index contributed by atoms with van der Waals surface area (Å²) in [6.07, 6.45) is 7.67.